The third-order valence-electron chi connectivity index (χ3n) is 5.59. The van der Waals surface area contributed by atoms with Gasteiger partial charge in [-0.05, 0) is 74.5 Å². The second kappa shape index (κ2) is 9.51. The molecule has 1 saturated heterocycles. The minimum Gasteiger partial charge on any atom is -0.326 e. The molecule has 1 fully saturated rings. The highest BCUT2D eigenvalue weighted by molar-refractivity contribution is 6.05. The van der Waals surface area contributed by atoms with Crippen molar-refractivity contribution in [3.8, 4) is 0 Å². The van der Waals surface area contributed by atoms with Gasteiger partial charge in [-0.2, -0.15) is 0 Å². The quantitative estimate of drug-likeness (QED) is 0.704. The van der Waals surface area contributed by atoms with E-state index in [4.69, 9.17) is 0 Å². The van der Waals surface area contributed by atoms with Crippen LogP contribution < -0.4 is 16.0 Å². The molecule has 5 nitrogen and oxygen atoms in total. The first kappa shape index (κ1) is 20.1. The number of rotatable bonds is 6. The highest BCUT2D eigenvalue weighted by atomic mass is 16.2. The molecule has 0 radical (unpaired) electrons. The number of amides is 2. The van der Waals surface area contributed by atoms with Gasteiger partial charge in [0.25, 0.3) is 5.91 Å². The largest absolute Gasteiger partial charge is 0.326 e. The van der Waals surface area contributed by atoms with E-state index in [9.17, 15) is 9.59 Å². The summed E-state index contributed by atoms with van der Waals surface area (Å²) in [5, 5.41) is 9.33. The zero-order chi connectivity index (χ0) is 19.9. The fourth-order valence-electron chi connectivity index (χ4n) is 3.76. The number of hydrogen-bond acceptors (Lipinski definition) is 3. The standard InChI is InChI=1S/C23H29N3O2/c1-16(18-11-13-24-14-12-18)15-22(27)25-20-9-6-10-21(17(20)2)26-23(28)19-7-4-3-5-8-19/h3-10,16,18,24H,11-15H2,1-2H3,(H,25,27)(H,26,28). The molecule has 0 spiro atoms. The summed E-state index contributed by atoms with van der Waals surface area (Å²) in [5.74, 6) is 0.834. The first-order valence-electron chi connectivity index (χ1n) is 10.0. The van der Waals surface area contributed by atoms with Crippen LogP contribution in [0, 0.1) is 18.8 Å². The van der Waals surface area contributed by atoms with E-state index >= 15 is 0 Å². The summed E-state index contributed by atoms with van der Waals surface area (Å²) in [6, 6.07) is 14.7. The molecule has 1 atom stereocenters. The van der Waals surface area contributed by atoms with E-state index in [0.717, 1.165) is 37.2 Å². The Labute approximate surface area is 166 Å². The molecule has 0 bridgehead atoms. The van der Waals surface area contributed by atoms with Gasteiger partial charge in [-0.15, -0.1) is 0 Å². The number of carbonyl (C=O) groups excluding carboxylic acids is 2. The molecule has 0 aromatic heterocycles. The lowest BCUT2D eigenvalue weighted by atomic mass is 9.84. The molecule has 0 saturated carbocycles. The van der Waals surface area contributed by atoms with E-state index in [-0.39, 0.29) is 11.8 Å². The number of anilines is 2. The van der Waals surface area contributed by atoms with Crippen LogP contribution in [0.1, 0.15) is 42.1 Å². The number of carbonyl (C=O) groups is 2. The van der Waals surface area contributed by atoms with Gasteiger partial charge >= 0.3 is 0 Å². The monoisotopic (exact) mass is 379 g/mol. The smallest absolute Gasteiger partial charge is 0.255 e. The molecule has 1 unspecified atom stereocenters. The molecule has 0 aliphatic carbocycles. The molecule has 2 amide bonds. The van der Waals surface area contributed by atoms with Crippen LogP contribution in [0.2, 0.25) is 0 Å². The van der Waals surface area contributed by atoms with Crippen LogP contribution in [0.4, 0.5) is 11.4 Å². The zero-order valence-electron chi connectivity index (χ0n) is 16.6. The minimum absolute atomic E-state index is 0.0284. The molecule has 3 rings (SSSR count). The molecule has 2 aromatic carbocycles. The maximum Gasteiger partial charge on any atom is 0.255 e. The Bertz CT molecular complexity index is 814. The molecule has 28 heavy (non-hydrogen) atoms. The lowest BCUT2D eigenvalue weighted by molar-refractivity contribution is -0.117. The van der Waals surface area contributed by atoms with E-state index in [1.165, 1.54) is 0 Å². The number of hydrogen-bond donors (Lipinski definition) is 3. The predicted octanol–water partition coefficient (Wildman–Crippen LogP) is 4.21. The van der Waals surface area contributed by atoms with E-state index in [0.29, 0.717) is 29.5 Å². The Morgan fingerprint density at radius 3 is 2.32 bits per heavy atom. The highest BCUT2D eigenvalue weighted by Crippen LogP contribution is 2.27. The maximum atomic E-state index is 12.6. The fourth-order valence-corrected chi connectivity index (χ4v) is 3.76. The summed E-state index contributed by atoms with van der Waals surface area (Å²) in [4.78, 5) is 25.0. The lowest BCUT2D eigenvalue weighted by Crippen LogP contribution is -2.32. The summed E-state index contributed by atoms with van der Waals surface area (Å²) in [6.45, 7) is 6.16. The van der Waals surface area contributed by atoms with Gasteiger partial charge in [0.15, 0.2) is 0 Å². The molecule has 148 valence electrons. The number of piperidine rings is 1. The van der Waals surface area contributed by atoms with Crippen LogP contribution in [0.25, 0.3) is 0 Å². The van der Waals surface area contributed by atoms with Crippen LogP contribution >= 0.6 is 0 Å². The van der Waals surface area contributed by atoms with Crippen molar-refractivity contribution in [3.05, 3.63) is 59.7 Å². The van der Waals surface area contributed by atoms with Gasteiger partial charge in [0.2, 0.25) is 5.91 Å². The van der Waals surface area contributed by atoms with Gasteiger partial charge < -0.3 is 16.0 Å². The average Bonchev–Trinajstić information content (AvgIpc) is 2.72. The fraction of sp³-hybridized carbons (Fsp3) is 0.391. The third kappa shape index (κ3) is 5.20. The summed E-state index contributed by atoms with van der Waals surface area (Å²) >= 11 is 0. The van der Waals surface area contributed by atoms with Gasteiger partial charge in [0.05, 0.1) is 0 Å². The molecule has 1 heterocycles. The van der Waals surface area contributed by atoms with Crippen molar-refractivity contribution in [2.45, 2.75) is 33.1 Å². The lowest BCUT2D eigenvalue weighted by Gasteiger charge is -2.28. The van der Waals surface area contributed by atoms with Crippen molar-refractivity contribution in [2.75, 3.05) is 23.7 Å². The molecule has 2 aromatic rings. The van der Waals surface area contributed by atoms with Crippen molar-refractivity contribution < 1.29 is 9.59 Å². The van der Waals surface area contributed by atoms with Gasteiger partial charge in [-0.25, -0.2) is 0 Å². The van der Waals surface area contributed by atoms with E-state index in [1.807, 2.05) is 43.3 Å². The molecule has 3 N–H and O–H groups in total. The molecular formula is C23H29N3O2. The maximum absolute atomic E-state index is 12.6. The predicted molar refractivity (Wildman–Crippen MR) is 114 cm³/mol. The first-order chi connectivity index (χ1) is 13.5. The van der Waals surface area contributed by atoms with Crippen molar-refractivity contribution in [3.63, 3.8) is 0 Å². The van der Waals surface area contributed by atoms with Crippen LogP contribution in [-0.4, -0.2) is 24.9 Å². The highest BCUT2D eigenvalue weighted by Gasteiger charge is 2.22. The van der Waals surface area contributed by atoms with Crippen molar-refractivity contribution in [2.24, 2.45) is 11.8 Å². The minimum atomic E-state index is -0.160. The van der Waals surface area contributed by atoms with Crippen LogP contribution in [-0.2, 0) is 4.79 Å². The van der Waals surface area contributed by atoms with Gasteiger partial charge in [0.1, 0.15) is 0 Å². The van der Waals surface area contributed by atoms with Crippen LogP contribution in [0.15, 0.2) is 48.5 Å². The Balaban J connectivity index is 1.62. The van der Waals surface area contributed by atoms with E-state index in [2.05, 4.69) is 22.9 Å². The Morgan fingerprint density at radius 1 is 1.00 bits per heavy atom. The summed E-state index contributed by atoms with van der Waals surface area (Å²) < 4.78 is 0. The SMILES string of the molecule is Cc1c(NC(=O)CC(C)C2CCNCC2)cccc1NC(=O)c1ccccc1. The molecule has 1 aliphatic rings. The topological polar surface area (TPSA) is 70.2 Å². The van der Waals surface area contributed by atoms with Gasteiger partial charge in [0, 0.05) is 23.4 Å². The molecule has 1 aliphatic heterocycles. The summed E-state index contributed by atoms with van der Waals surface area (Å²) in [5.41, 5.74) is 2.91. The normalized spacial score (nSPS) is 15.6. The first-order valence-corrected chi connectivity index (χ1v) is 10.0. The number of benzene rings is 2. The Morgan fingerprint density at radius 2 is 1.64 bits per heavy atom. The second-order valence-electron chi connectivity index (χ2n) is 7.62. The molecular weight excluding hydrogens is 350 g/mol. The van der Waals surface area contributed by atoms with Crippen LogP contribution in [0.5, 0.6) is 0 Å². The average molecular weight is 380 g/mol. The zero-order valence-corrected chi connectivity index (χ0v) is 16.6. The Kier molecular flexibility index (Phi) is 6.82. The van der Waals surface area contributed by atoms with Crippen LogP contribution in [0.3, 0.4) is 0 Å². The summed E-state index contributed by atoms with van der Waals surface area (Å²) in [6.07, 6.45) is 2.79. The Hall–Kier alpha value is -2.66. The van der Waals surface area contributed by atoms with Gasteiger partial charge in [-0.1, -0.05) is 31.2 Å². The number of nitrogens with one attached hydrogen (secondary N) is 3. The van der Waals surface area contributed by atoms with E-state index < -0.39 is 0 Å². The third-order valence-corrected chi connectivity index (χ3v) is 5.59. The van der Waals surface area contributed by atoms with Crippen molar-refractivity contribution in [1.29, 1.82) is 0 Å². The van der Waals surface area contributed by atoms with Crippen molar-refractivity contribution >= 4 is 23.2 Å². The van der Waals surface area contributed by atoms with Gasteiger partial charge in [-0.3, -0.25) is 9.59 Å². The summed E-state index contributed by atoms with van der Waals surface area (Å²) in [7, 11) is 0. The van der Waals surface area contributed by atoms with E-state index in [1.54, 1.807) is 12.1 Å². The molecule has 5 heteroatoms. The van der Waals surface area contributed by atoms with Crippen molar-refractivity contribution in [1.82, 2.24) is 5.32 Å². The second-order valence-corrected chi connectivity index (χ2v) is 7.62.